The standard InChI is InChI=1S/C19H16Cl2N2O2S/c1-2-25-17-6-4-3-5-14(17)19-22-13(11-26-19)10-18(24)23-16-9-12(20)7-8-15(16)21/h3-9,11H,2,10H2,1H3,(H,23,24). The Morgan fingerprint density at radius 3 is 2.85 bits per heavy atom. The summed E-state index contributed by atoms with van der Waals surface area (Å²) in [4.78, 5) is 16.9. The number of nitrogens with zero attached hydrogens (tertiary/aromatic N) is 1. The van der Waals surface area contributed by atoms with E-state index in [1.54, 1.807) is 18.2 Å². The van der Waals surface area contributed by atoms with Crippen LogP contribution in [0.4, 0.5) is 5.69 Å². The van der Waals surface area contributed by atoms with Crippen LogP contribution in [-0.4, -0.2) is 17.5 Å². The molecule has 0 aliphatic carbocycles. The van der Waals surface area contributed by atoms with E-state index in [0.717, 1.165) is 16.3 Å². The highest BCUT2D eigenvalue weighted by Gasteiger charge is 2.13. The fourth-order valence-corrected chi connectivity index (χ4v) is 3.57. The van der Waals surface area contributed by atoms with Crippen molar-refractivity contribution in [1.82, 2.24) is 4.98 Å². The number of para-hydroxylation sites is 1. The summed E-state index contributed by atoms with van der Waals surface area (Å²) in [6.45, 7) is 2.52. The molecule has 0 radical (unpaired) electrons. The van der Waals surface area contributed by atoms with Gasteiger partial charge in [0.15, 0.2) is 0 Å². The molecule has 0 unspecified atom stereocenters. The predicted molar refractivity (Wildman–Crippen MR) is 108 cm³/mol. The molecular weight excluding hydrogens is 391 g/mol. The molecule has 0 saturated heterocycles. The highest BCUT2D eigenvalue weighted by molar-refractivity contribution is 7.13. The predicted octanol–water partition coefficient (Wildman–Crippen LogP) is 5.70. The monoisotopic (exact) mass is 406 g/mol. The number of ether oxygens (including phenoxy) is 1. The molecule has 3 aromatic rings. The zero-order valence-electron chi connectivity index (χ0n) is 14.0. The number of carbonyl (C=O) groups is 1. The fourth-order valence-electron chi connectivity index (χ4n) is 2.39. The summed E-state index contributed by atoms with van der Waals surface area (Å²) in [5, 5.41) is 6.40. The van der Waals surface area contributed by atoms with Gasteiger partial charge < -0.3 is 10.1 Å². The lowest BCUT2D eigenvalue weighted by Gasteiger charge is -2.07. The molecule has 134 valence electrons. The molecule has 1 heterocycles. The number of amides is 1. The molecule has 1 amide bonds. The van der Waals surface area contributed by atoms with Gasteiger partial charge in [0.05, 0.1) is 35.0 Å². The van der Waals surface area contributed by atoms with Crippen LogP contribution in [0.3, 0.4) is 0 Å². The van der Waals surface area contributed by atoms with Crippen LogP contribution in [0.2, 0.25) is 10.0 Å². The maximum Gasteiger partial charge on any atom is 0.230 e. The maximum absolute atomic E-state index is 12.3. The van der Waals surface area contributed by atoms with Crippen molar-refractivity contribution in [3.8, 4) is 16.3 Å². The van der Waals surface area contributed by atoms with Gasteiger partial charge in [-0.2, -0.15) is 0 Å². The summed E-state index contributed by atoms with van der Waals surface area (Å²) >= 11 is 13.5. The van der Waals surface area contributed by atoms with E-state index < -0.39 is 0 Å². The topological polar surface area (TPSA) is 51.2 Å². The van der Waals surface area contributed by atoms with E-state index in [4.69, 9.17) is 27.9 Å². The number of nitrogens with one attached hydrogen (secondary N) is 1. The lowest BCUT2D eigenvalue weighted by Crippen LogP contribution is -2.14. The summed E-state index contributed by atoms with van der Waals surface area (Å²) in [5.41, 5.74) is 2.09. The minimum Gasteiger partial charge on any atom is -0.493 e. The number of hydrogen-bond acceptors (Lipinski definition) is 4. The number of hydrogen-bond donors (Lipinski definition) is 1. The Hall–Kier alpha value is -2.08. The zero-order chi connectivity index (χ0) is 18.5. The van der Waals surface area contributed by atoms with Gasteiger partial charge in [0.2, 0.25) is 5.91 Å². The molecule has 0 bridgehead atoms. The summed E-state index contributed by atoms with van der Waals surface area (Å²) < 4.78 is 5.65. The highest BCUT2D eigenvalue weighted by atomic mass is 35.5. The second kappa shape index (κ2) is 8.54. The first-order valence-electron chi connectivity index (χ1n) is 7.98. The largest absolute Gasteiger partial charge is 0.493 e. The molecule has 2 aromatic carbocycles. The molecular formula is C19H16Cl2N2O2S. The smallest absolute Gasteiger partial charge is 0.230 e. The number of anilines is 1. The van der Waals surface area contributed by atoms with Gasteiger partial charge in [0.25, 0.3) is 0 Å². The lowest BCUT2D eigenvalue weighted by molar-refractivity contribution is -0.115. The molecule has 0 saturated carbocycles. The summed E-state index contributed by atoms with van der Waals surface area (Å²) in [5.74, 6) is 0.579. The molecule has 0 spiro atoms. The van der Waals surface area contributed by atoms with Gasteiger partial charge in [0.1, 0.15) is 10.8 Å². The molecule has 1 aromatic heterocycles. The van der Waals surface area contributed by atoms with Gasteiger partial charge in [-0.25, -0.2) is 4.98 Å². The lowest BCUT2D eigenvalue weighted by atomic mass is 10.2. The SMILES string of the molecule is CCOc1ccccc1-c1nc(CC(=O)Nc2cc(Cl)ccc2Cl)cs1. The number of halogens is 2. The van der Waals surface area contributed by atoms with Crippen LogP contribution in [0.15, 0.2) is 47.8 Å². The second-order valence-corrected chi connectivity index (χ2v) is 7.12. The van der Waals surface area contributed by atoms with Crippen molar-refractivity contribution in [2.24, 2.45) is 0 Å². The first kappa shape index (κ1) is 18.7. The van der Waals surface area contributed by atoms with E-state index >= 15 is 0 Å². The number of carbonyl (C=O) groups excluding carboxylic acids is 1. The first-order valence-corrected chi connectivity index (χ1v) is 9.62. The number of benzene rings is 2. The molecule has 0 fully saturated rings. The fraction of sp³-hybridized carbons (Fsp3) is 0.158. The van der Waals surface area contributed by atoms with Crippen molar-refractivity contribution < 1.29 is 9.53 Å². The third-order valence-electron chi connectivity index (χ3n) is 3.51. The van der Waals surface area contributed by atoms with Crippen molar-refractivity contribution in [2.75, 3.05) is 11.9 Å². The van der Waals surface area contributed by atoms with E-state index in [0.29, 0.717) is 28.0 Å². The number of aromatic nitrogens is 1. The summed E-state index contributed by atoms with van der Waals surface area (Å²) in [6, 6.07) is 12.7. The third-order valence-corrected chi connectivity index (χ3v) is 5.00. The Balaban J connectivity index is 1.72. The maximum atomic E-state index is 12.3. The van der Waals surface area contributed by atoms with Gasteiger partial charge in [-0.1, -0.05) is 35.3 Å². The number of thiazole rings is 1. The summed E-state index contributed by atoms with van der Waals surface area (Å²) in [6.07, 6.45) is 0.149. The van der Waals surface area contributed by atoms with Crippen LogP contribution in [0.1, 0.15) is 12.6 Å². The first-order chi connectivity index (χ1) is 12.6. The van der Waals surface area contributed by atoms with E-state index in [1.807, 2.05) is 36.6 Å². The van der Waals surface area contributed by atoms with Crippen LogP contribution in [0.25, 0.3) is 10.6 Å². The van der Waals surface area contributed by atoms with Crippen LogP contribution in [-0.2, 0) is 11.2 Å². The average Bonchev–Trinajstić information content (AvgIpc) is 3.07. The van der Waals surface area contributed by atoms with Crippen molar-refractivity contribution >= 4 is 46.1 Å². The third kappa shape index (κ3) is 4.55. The van der Waals surface area contributed by atoms with Crippen LogP contribution < -0.4 is 10.1 Å². The van der Waals surface area contributed by atoms with Crippen molar-refractivity contribution in [3.63, 3.8) is 0 Å². The van der Waals surface area contributed by atoms with E-state index in [-0.39, 0.29) is 12.3 Å². The second-order valence-electron chi connectivity index (χ2n) is 5.42. The van der Waals surface area contributed by atoms with Gasteiger partial charge in [0, 0.05) is 10.4 Å². The van der Waals surface area contributed by atoms with Crippen molar-refractivity contribution in [1.29, 1.82) is 0 Å². The van der Waals surface area contributed by atoms with Gasteiger partial charge in [-0.3, -0.25) is 4.79 Å². The normalized spacial score (nSPS) is 10.6. The molecule has 7 heteroatoms. The van der Waals surface area contributed by atoms with Gasteiger partial charge >= 0.3 is 0 Å². The van der Waals surface area contributed by atoms with Crippen molar-refractivity contribution in [2.45, 2.75) is 13.3 Å². The average molecular weight is 407 g/mol. The Bertz CT molecular complexity index is 927. The van der Waals surface area contributed by atoms with Crippen molar-refractivity contribution in [3.05, 3.63) is 63.6 Å². The Kier molecular flexibility index (Phi) is 6.14. The molecule has 3 rings (SSSR count). The minimum atomic E-state index is -0.205. The molecule has 0 aliphatic rings. The Morgan fingerprint density at radius 2 is 2.04 bits per heavy atom. The molecule has 26 heavy (non-hydrogen) atoms. The van der Waals surface area contributed by atoms with Gasteiger partial charge in [-0.15, -0.1) is 11.3 Å². The van der Waals surface area contributed by atoms with E-state index in [2.05, 4.69) is 10.3 Å². The highest BCUT2D eigenvalue weighted by Crippen LogP contribution is 2.32. The summed E-state index contributed by atoms with van der Waals surface area (Å²) in [7, 11) is 0. The minimum absolute atomic E-state index is 0.149. The quantitative estimate of drug-likeness (QED) is 0.571. The van der Waals surface area contributed by atoms with Gasteiger partial charge in [-0.05, 0) is 37.3 Å². The molecule has 0 aliphatic heterocycles. The molecule has 1 N–H and O–H groups in total. The van der Waals surface area contributed by atoms with E-state index in [9.17, 15) is 4.79 Å². The van der Waals surface area contributed by atoms with Crippen LogP contribution in [0, 0.1) is 0 Å². The number of rotatable bonds is 6. The Morgan fingerprint density at radius 1 is 1.23 bits per heavy atom. The van der Waals surface area contributed by atoms with E-state index in [1.165, 1.54) is 11.3 Å². The molecule has 4 nitrogen and oxygen atoms in total. The molecule has 0 atom stereocenters. The van der Waals surface area contributed by atoms with Crippen LogP contribution >= 0.6 is 34.5 Å². The van der Waals surface area contributed by atoms with Crippen LogP contribution in [0.5, 0.6) is 5.75 Å². The zero-order valence-corrected chi connectivity index (χ0v) is 16.3. The Labute approximate surface area is 165 Å².